The highest BCUT2D eigenvalue weighted by Crippen LogP contribution is 2.29. The maximum atomic E-state index is 12.6. The van der Waals surface area contributed by atoms with Crippen molar-refractivity contribution in [3.63, 3.8) is 0 Å². The van der Waals surface area contributed by atoms with Gasteiger partial charge in [0.2, 0.25) is 0 Å². The van der Waals surface area contributed by atoms with Crippen LogP contribution in [-0.2, 0) is 6.18 Å². The van der Waals surface area contributed by atoms with Crippen molar-refractivity contribution in [2.75, 3.05) is 0 Å². The molecule has 2 aromatic rings. The number of benzene rings is 2. The van der Waals surface area contributed by atoms with Gasteiger partial charge in [-0.1, -0.05) is 55.8 Å². The lowest BCUT2D eigenvalue weighted by Gasteiger charge is -2.13. The van der Waals surface area contributed by atoms with Crippen molar-refractivity contribution < 1.29 is 13.2 Å². The first-order valence-corrected chi connectivity index (χ1v) is 7.66. The van der Waals surface area contributed by atoms with Crippen LogP contribution < -0.4 is 0 Å². The van der Waals surface area contributed by atoms with Gasteiger partial charge in [0.25, 0.3) is 0 Å². The van der Waals surface area contributed by atoms with E-state index in [-0.39, 0.29) is 11.8 Å². The highest BCUT2D eigenvalue weighted by molar-refractivity contribution is 6.11. The molecule has 1 atom stereocenters. The van der Waals surface area contributed by atoms with E-state index in [1.165, 1.54) is 12.1 Å². The van der Waals surface area contributed by atoms with Gasteiger partial charge >= 0.3 is 6.18 Å². The fourth-order valence-electron chi connectivity index (χ4n) is 2.40. The minimum Gasteiger partial charge on any atom is -0.266 e. The van der Waals surface area contributed by atoms with Crippen molar-refractivity contribution in [3.05, 3.63) is 71.3 Å². The molecule has 0 bridgehead atoms. The Morgan fingerprint density at radius 2 is 1.71 bits per heavy atom. The summed E-state index contributed by atoms with van der Waals surface area (Å²) >= 11 is 0. The topological polar surface area (TPSA) is 36.1 Å². The minimum absolute atomic E-state index is 0.144. The van der Waals surface area contributed by atoms with E-state index in [2.05, 4.69) is 4.99 Å². The van der Waals surface area contributed by atoms with Gasteiger partial charge in [-0.2, -0.15) is 18.4 Å². The summed E-state index contributed by atoms with van der Waals surface area (Å²) in [6, 6.07) is 15.9. The fraction of sp³-hybridized carbons (Fsp3) is 0.263. The molecule has 0 N–H and O–H groups in total. The number of alkyl halides is 3. The number of nitrogens with zero attached hydrogens (tertiary/aromatic N) is 2. The van der Waals surface area contributed by atoms with Crippen LogP contribution in [0.15, 0.2) is 59.6 Å². The van der Waals surface area contributed by atoms with E-state index in [1.807, 2.05) is 43.3 Å². The van der Waals surface area contributed by atoms with Gasteiger partial charge in [0.05, 0.1) is 11.6 Å². The lowest BCUT2D eigenvalue weighted by molar-refractivity contribution is -0.137. The van der Waals surface area contributed by atoms with Gasteiger partial charge in [0, 0.05) is 5.56 Å². The Labute approximate surface area is 139 Å². The van der Waals surface area contributed by atoms with Gasteiger partial charge in [-0.15, -0.1) is 0 Å². The molecule has 0 aliphatic carbocycles. The van der Waals surface area contributed by atoms with Crippen LogP contribution in [0.3, 0.4) is 0 Å². The van der Waals surface area contributed by atoms with E-state index in [4.69, 9.17) is 0 Å². The largest absolute Gasteiger partial charge is 0.416 e. The quantitative estimate of drug-likeness (QED) is 0.661. The Kier molecular flexibility index (Phi) is 5.75. The summed E-state index contributed by atoms with van der Waals surface area (Å²) in [5.41, 5.74) is 0.782. The molecule has 0 saturated carbocycles. The molecular weight excluding hydrogens is 313 g/mol. The van der Waals surface area contributed by atoms with Gasteiger partial charge in [-0.05, 0) is 24.1 Å². The predicted molar refractivity (Wildman–Crippen MR) is 87.7 cm³/mol. The average molecular weight is 330 g/mol. The summed E-state index contributed by atoms with van der Waals surface area (Å²) in [6.07, 6.45) is -2.75. The van der Waals surface area contributed by atoms with Crippen LogP contribution in [0.4, 0.5) is 13.2 Å². The minimum atomic E-state index is -4.39. The van der Waals surface area contributed by atoms with Crippen LogP contribution in [0, 0.1) is 11.3 Å². The fourth-order valence-corrected chi connectivity index (χ4v) is 2.40. The van der Waals surface area contributed by atoms with E-state index in [0.29, 0.717) is 5.56 Å². The third kappa shape index (κ3) is 4.45. The van der Waals surface area contributed by atoms with E-state index in [9.17, 15) is 18.4 Å². The third-order valence-electron chi connectivity index (χ3n) is 3.62. The normalized spacial score (nSPS) is 13.4. The molecule has 2 rings (SSSR count). The van der Waals surface area contributed by atoms with Crippen LogP contribution in [0.1, 0.15) is 42.5 Å². The molecule has 0 aliphatic rings. The smallest absolute Gasteiger partial charge is 0.266 e. The second-order valence-corrected chi connectivity index (χ2v) is 5.38. The number of hydrogen-bond acceptors (Lipinski definition) is 2. The first-order chi connectivity index (χ1) is 11.5. The molecule has 0 saturated heterocycles. The third-order valence-corrected chi connectivity index (χ3v) is 3.62. The summed E-state index contributed by atoms with van der Waals surface area (Å²) in [5, 5.41) is 9.37. The number of nitriles is 1. The van der Waals surface area contributed by atoms with E-state index >= 15 is 0 Å². The highest BCUT2D eigenvalue weighted by Gasteiger charge is 2.30. The summed E-state index contributed by atoms with van der Waals surface area (Å²) in [5.74, 6) is 0. The van der Waals surface area contributed by atoms with Gasteiger partial charge < -0.3 is 0 Å². The SMILES string of the molecule is CCC[C@@H](/N=C(\C#N)c1ccc(C(F)(F)F)cc1)c1ccccc1. The molecule has 0 amide bonds. The molecule has 0 radical (unpaired) electrons. The van der Waals surface area contributed by atoms with Crippen molar-refractivity contribution in [1.82, 2.24) is 0 Å². The van der Waals surface area contributed by atoms with Crippen LogP contribution in [-0.4, -0.2) is 5.71 Å². The number of hydrogen-bond donors (Lipinski definition) is 0. The lowest BCUT2D eigenvalue weighted by Crippen LogP contribution is -2.07. The first kappa shape index (κ1) is 17.7. The van der Waals surface area contributed by atoms with Crippen molar-refractivity contribution >= 4 is 5.71 Å². The molecule has 0 heterocycles. The summed E-state index contributed by atoms with van der Waals surface area (Å²) in [7, 11) is 0. The zero-order chi connectivity index (χ0) is 17.6. The van der Waals surface area contributed by atoms with Crippen molar-refractivity contribution in [3.8, 4) is 6.07 Å². The van der Waals surface area contributed by atoms with Gasteiger partial charge in [-0.3, -0.25) is 4.99 Å². The molecule has 124 valence electrons. The molecule has 5 heteroatoms. The van der Waals surface area contributed by atoms with E-state index < -0.39 is 11.7 Å². The average Bonchev–Trinajstić information content (AvgIpc) is 2.59. The second kappa shape index (κ2) is 7.78. The Balaban J connectivity index is 2.35. The van der Waals surface area contributed by atoms with Gasteiger partial charge in [0.15, 0.2) is 0 Å². The summed E-state index contributed by atoms with van der Waals surface area (Å²) in [4.78, 5) is 4.49. The molecule has 24 heavy (non-hydrogen) atoms. The number of rotatable bonds is 5. The van der Waals surface area contributed by atoms with Crippen molar-refractivity contribution in [1.29, 1.82) is 5.26 Å². The summed E-state index contributed by atoms with van der Waals surface area (Å²) in [6.45, 7) is 2.02. The number of halogens is 3. The Bertz CT molecular complexity index is 726. The Morgan fingerprint density at radius 3 is 2.21 bits per heavy atom. The lowest BCUT2D eigenvalue weighted by atomic mass is 10.0. The monoisotopic (exact) mass is 330 g/mol. The second-order valence-electron chi connectivity index (χ2n) is 5.38. The molecule has 2 aromatic carbocycles. The molecule has 0 fully saturated rings. The van der Waals surface area contributed by atoms with Crippen LogP contribution in [0.25, 0.3) is 0 Å². The molecular formula is C19H17F3N2. The Hall–Kier alpha value is -2.61. The maximum Gasteiger partial charge on any atom is 0.416 e. The zero-order valence-corrected chi connectivity index (χ0v) is 13.2. The van der Waals surface area contributed by atoms with Crippen molar-refractivity contribution in [2.45, 2.75) is 32.0 Å². The summed E-state index contributed by atoms with van der Waals surface area (Å²) < 4.78 is 37.9. The molecule has 0 aliphatic heterocycles. The maximum absolute atomic E-state index is 12.6. The number of aliphatic imine (C=N–C) groups is 1. The first-order valence-electron chi connectivity index (χ1n) is 7.66. The molecule has 0 spiro atoms. The van der Waals surface area contributed by atoms with Crippen LogP contribution in [0.5, 0.6) is 0 Å². The predicted octanol–water partition coefficient (Wildman–Crippen LogP) is 5.56. The highest BCUT2D eigenvalue weighted by atomic mass is 19.4. The van der Waals surface area contributed by atoms with Crippen LogP contribution in [0.2, 0.25) is 0 Å². The van der Waals surface area contributed by atoms with Crippen LogP contribution >= 0.6 is 0 Å². The van der Waals surface area contributed by atoms with Gasteiger partial charge in [0.1, 0.15) is 11.8 Å². The van der Waals surface area contributed by atoms with Crippen molar-refractivity contribution in [2.24, 2.45) is 4.99 Å². The van der Waals surface area contributed by atoms with Gasteiger partial charge in [-0.25, -0.2) is 0 Å². The van der Waals surface area contributed by atoms with E-state index in [1.54, 1.807) is 0 Å². The molecule has 0 aromatic heterocycles. The zero-order valence-electron chi connectivity index (χ0n) is 13.2. The van der Waals surface area contributed by atoms with E-state index in [0.717, 1.165) is 30.5 Å². The standard InChI is InChI=1S/C19H17F3N2/c1-2-6-17(14-7-4-3-5-8-14)24-18(13-23)15-9-11-16(12-10-15)19(20,21)22/h3-5,7-12,17H,2,6H2,1H3/b24-18+/t17-/m1/s1. The molecule has 0 unspecified atom stereocenters. The molecule has 2 nitrogen and oxygen atoms in total. The Morgan fingerprint density at radius 1 is 1.08 bits per heavy atom.